The van der Waals surface area contributed by atoms with E-state index in [0.717, 1.165) is 38.2 Å². The molecule has 23 heavy (non-hydrogen) atoms. The highest BCUT2D eigenvalue weighted by Crippen LogP contribution is 2.38. The number of hydrogen-bond donors (Lipinski definition) is 0. The van der Waals surface area contributed by atoms with E-state index in [1.807, 2.05) is 4.90 Å². The minimum absolute atomic E-state index is 0.181. The van der Waals surface area contributed by atoms with Crippen LogP contribution in [0.3, 0.4) is 0 Å². The fourth-order valence-electron chi connectivity index (χ4n) is 2.87. The normalized spacial score (nSPS) is 19.5. The minimum Gasteiger partial charge on any atom is -0.368 e. The number of rotatable bonds is 7. The molecule has 128 valence electrons. The number of ether oxygens (including phenoxy) is 1. The standard InChI is InChI=1S/C17H27N3O3/c1-12(2)3-6-16(21)20-9-7-14(8-10-20)22-11-15-18-17(19-23-15)13-4-5-13/h12-14H,3-11H2,1-2H3. The highest BCUT2D eigenvalue weighted by Gasteiger charge is 2.29. The lowest BCUT2D eigenvalue weighted by Gasteiger charge is -2.32. The lowest BCUT2D eigenvalue weighted by atomic mass is 10.0. The molecule has 2 aliphatic rings. The van der Waals surface area contributed by atoms with Crippen LogP contribution in [0.2, 0.25) is 0 Å². The van der Waals surface area contributed by atoms with Crippen LogP contribution in [-0.2, 0) is 16.1 Å². The molecule has 0 atom stereocenters. The molecule has 6 heteroatoms. The fraction of sp³-hybridized carbons (Fsp3) is 0.824. The molecule has 1 aliphatic carbocycles. The van der Waals surface area contributed by atoms with Crippen molar-refractivity contribution in [3.05, 3.63) is 11.7 Å². The van der Waals surface area contributed by atoms with Crippen LogP contribution in [-0.4, -0.2) is 40.1 Å². The van der Waals surface area contributed by atoms with E-state index >= 15 is 0 Å². The highest BCUT2D eigenvalue weighted by molar-refractivity contribution is 5.76. The summed E-state index contributed by atoms with van der Waals surface area (Å²) < 4.78 is 11.1. The van der Waals surface area contributed by atoms with Gasteiger partial charge in [-0.05, 0) is 38.0 Å². The van der Waals surface area contributed by atoms with Crippen molar-refractivity contribution in [1.29, 1.82) is 0 Å². The first-order valence-corrected chi connectivity index (χ1v) is 8.83. The van der Waals surface area contributed by atoms with E-state index in [-0.39, 0.29) is 12.0 Å². The number of amides is 1. The summed E-state index contributed by atoms with van der Waals surface area (Å²) in [6.07, 6.45) is 5.92. The van der Waals surface area contributed by atoms with E-state index in [4.69, 9.17) is 9.26 Å². The Morgan fingerprint density at radius 1 is 1.30 bits per heavy atom. The Kier molecular flexibility index (Phi) is 5.30. The van der Waals surface area contributed by atoms with Gasteiger partial charge in [-0.3, -0.25) is 4.79 Å². The summed E-state index contributed by atoms with van der Waals surface area (Å²) in [5.41, 5.74) is 0. The predicted molar refractivity (Wildman–Crippen MR) is 84.7 cm³/mol. The van der Waals surface area contributed by atoms with Gasteiger partial charge in [0.05, 0.1) is 6.10 Å². The smallest absolute Gasteiger partial charge is 0.252 e. The molecule has 1 aromatic rings. The van der Waals surface area contributed by atoms with Crippen molar-refractivity contribution < 1.29 is 14.1 Å². The van der Waals surface area contributed by atoms with Crippen LogP contribution in [0.25, 0.3) is 0 Å². The zero-order valence-corrected chi connectivity index (χ0v) is 14.2. The van der Waals surface area contributed by atoms with Crippen molar-refractivity contribution in [2.75, 3.05) is 13.1 Å². The number of hydrogen-bond acceptors (Lipinski definition) is 5. The van der Waals surface area contributed by atoms with Gasteiger partial charge in [0.2, 0.25) is 5.91 Å². The molecule has 1 aromatic heterocycles. The molecule has 3 rings (SSSR count). The second kappa shape index (κ2) is 7.43. The molecule has 0 unspecified atom stereocenters. The maximum Gasteiger partial charge on any atom is 0.252 e. The van der Waals surface area contributed by atoms with E-state index in [0.29, 0.717) is 30.8 Å². The van der Waals surface area contributed by atoms with Gasteiger partial charge in [0.25, 0.3) is 5.89 Å². The maximum absolute atomic E-state index is 12.1. The Balaban J connectivity index is 1.36. The van der Waals surface area contributed by atoms with Crippen molar-refractivity contribution in [1.82, 2.24) is 15.0 Å². The Morgan fingerprint density at radius 2 is 2.04 bits per heavy atom. The summed E-state index contributed by atoms with van der Waals surface area (Å²) in [5, 5.41) is 3.99. The quantitative estimate of drug-likeness (QED) is 0.772. The van der Waals surface area contributed by atoms with E-state index in [1.165, 1.54) is 12.8 Å². The van der Waals surface area contributed by atoms with Gasteiger partial charge in [-0.2, -0.15) is 4.98 Å². The van der Waals surface area contributed by atoms with Gasteiger partial charge in [0.15, 0.2) is 5.82 Å². The second-order valence-corrected chi connectivity index (χ2v) is 7.14. The zero-order chi connectivity index (χ0) is 16.2. The van der Waals surface area contributed by atoms with Gasteiger partial charge in [-0.15, -0.1) is 0 Å². The zero-order valence-electron chi connectivity index (χ0n) is 14.2. The van der Waals surface area contributed by atoms with Gasteiger partial charge in [-0.25, -0.2) is 0 Å². The fourth-order valence-corrected chi connectivity index (χ4v) is 2.87. The molecule has 0 aromatic carbocycles. The second-order valence-electron chi connectivity index (χ2n) is 7.14. The summed E-state index contributed by atoms with van der Waals surface area (Å²) in [5.74, 6) is 2.77. The van der Waals surface area contributed by atoms with Gasteiger partial charge in [-0.1, -0.05) is 19.0 Å². The first kappa shape index (κ1) is 16.4. The van der Waals surface area contributed by atoms with Crippen molar-refractivity contribution in [3.8, 4) is 0 Å². The van der Waals surface area contributed by atoms with E-state index in [2.05, 4.69) is 24.0 Å². The number of piperidine rings is 1. The summed E-state index contributed by atoms with van der Waals surface area (Å²) >= 11 is 0. The largest absolute Gasteiger partial charge is 0.368 e. The van der Waals surface area contributed by atoms with Gasteiger partial charge < -0.3 is 14.2 Å². The maximum atomic E-state index is 12.1. The van der Waals surface area contributed by atoms with Crippen LogP contribution in [0, 0.1) is 5.92 Å². The van der Waals surface area contributed by atoms with Crippen molar-refractivity contribution in [2.45, 2.75) is 71.0 Å². The summed E-state index contributed by atoms with van der Waals surface area (Å²) in [7, 11) is 0. The predicted octanol–water partition coefficient (Wildman–Crippen LogP) is 2.89. The third kappa shape index (κ3) is 4.77. The summed E-state index contributed by atoms with van der Waals surface area (Å²) in [6, 6.07) is 0. The minimum atomic E-state index is 0.181. The van der Waals surface area contributed by atoms with Crippen LogP contribution in [0.5, 0.6) is 0 Å². The molecule has 2 fully saturated rings. The lowest BCUT2D eigenvalue weighted by molar-refractivity contribution is -0.134. The monoisotopic (exact) mass is 321 g/mol. The van der Waals surface area contributed by atoms with Gasteiger partial charge in [0.1, 0.15) is 6.61 Å². The molecule has 1 saturated carbocycles. The topological polar surface area (TPSA) is 68.5 Å². The average Bonchev–Trinajstić information content (AvgIpc) is 3.30. The first-order chi connectivity index (χ1) is 11.1. The molecule has 0 spiro atoms. The Hall–Kier alpha value is -1.43. The molecule has 0 N–H and O–H groups in total. The van der Waals surface area contributed by atoms with Crippen LogP contribution in [0.4, 0.5) is 0 Å². The lowest BCUT2D eigenvalue weighted by Crippen LogP contribution is -2.40. The molecular formula is C17H27N3O3. The van der Waals surface area contributed by atoms with Crippen molar-refractivity contribution in [2.24, 2.45) is 5.92 Å². The van der Waals surface area contributed by atoms with E-state index < -0.39 is 0 Å². The average molecular weight is 321 g/mol. The molecule has 0 bridgehead atoms. The number of nitrogens with zero attached hydrogens (tertiary/aromatic N) is 3. The number of likely N-dealkylation sites (tertiary alicyclic amines) is 1. The molecule has 0 radical (unpaired) electrons. The summed E-state index contributed by atoms with van der Waals surface area (Å²) in [6.45, 7) is 6.27. The highest BCUT2D eigenvalue weighted by atomic mass is 16.5. The van der Waals surface area contributed by atoms with Crippen molar-refractivity contribution >= 4 is 5.91 Å². The Labute approximate surface area is 137 Å². The molecular weight excluding hydrogens is 294 g/mol. The summed E-state index contributed by atoms with van der Waals surface area (Å²) in [4.78, 5) is 18.5. The van der Waals surface area contributed by atoms with Crippen molar-refractivity contribution in [3.63, 3.8) is 0 Å². The van der Waals surface area contributed by atoms with Crippen LogP contribution >= 0.6 is 0 Å². The van der Waals surface area contributed by atoms with E-state index in [1.54, 1.807) is 0 Å². The molecule has 1 saturated heterocycles. The molecule has 6 nitrogen and oxygen atoms in total. The molecule has 2 heterocycles. The van der Waals surface area contributed by atoms with Crippen LogP contribution < -0.4 is 0 Å². The third-order valence-corrected chi connectivity index (χ3v) is 4.60. The first-order valence-electron chi connectivity index (χ1n) is 8.83. The van der Waals surface area contributed by atoms with Crippen LogP contribution in [0.1, 0.15) is 70.0 Å². The van der Waals surface area contributed by atoms with Gasteiger partial charge in [0, 0.05) is 25.4 Å². The number of carbonyl (C=O) groups excluding carboxylic acids is 1. The Morgan fingerprint density at radius 3 is 2.70 bits per heavy atom. The van der Waals surface area contributed by atoms with Crippen LogP contribution in [0.15, 0.2) is 4.52 Å². The Bertz CT molecular complexity index is 517. The third-order valence-electron chi connectivity index (χ3n) is 4.60. The van der Waals surface area contributed by atoms with Gasteiger partial charge >= 0.3 is 0 Å². The molecule has 1 aliphatic heterocycles. The molecule has 1 amide bonds. The number of carbonyl (C=O) groups is 1. The number of aromatic nitrogens is 2. The van der Waals surface area contributed by atoms with E-state index in [9.17, 15) is 4.79 Å². The SMILES string of the molecule is CC(C)CCC(=O)N1CCC(OCc2nc(C3CC3)no2)CC1.